The Balaban J connectivity index is 0. The van der Waals surface area contributed by atoms with E-state index in [1.165, 1.54) is 0 Å². The second-order valence-corrected chi connectivity index (χ2v) is 1.75. The maximum absolute atomic E-state index is 9.08. The fraction of sp³-hybridized carbons (Fsp3) is 0. The Bertz CT molecular complexity index is 94.0. The molecule has 0 spiro atoms. The minimum Gasteiger partial charge on any atom is -0.310 e. The SMILES string of the molecule is [CH2-]S(=O)(=O)O.[Pd]. The second kappa shape index (κ2) is 2.70. The molecule has 0 radical (unpaired) electrons. The Morgan fingerprint density at radius 3 is 1.50 bits per heavy atom. The molecule has 1 N–H and O–H groups in total. The van der Waals surface area contributed by atoms with Crippen molar-refractivity contribution in [3.8, 4) is 0 Å². The van der Waals surface area contributed by atoms with Crippen LogP contribution >= 0.6 is 0 Å². The van der Waals surface area contributed by atoms with Crippen molar-refractivity contribution in [2.45, 2.75) is 0 Å². The molecule has 6 heavy (non-hydrogen) atoms. The molecule has 3 nitrogen and oxygen atoms in total. The van der Waals surface area contributed by atoms with Crippen molar-refractivity contribution in [3.63, 3.8) is 0 Å². The molecule has 0 aliphatic rings. The maximum atomic E-state index is 9.08. The number of hydrogen-bond acceptors (Lipinski definition) is 2. The van der Waals surface area contributed by atoms with Crippen molar-refractivity contribution in [3.05, 3.63) is 6.26 Å². The molecule has 0 aliphatic heterocycles. The summed E-state index contributed by atoms with van der Waals surface area (Å²) in [6.45, 7) is 0. The third-order valence-corrected chi connectivity index (χ3v) is 0. The van der Waals surface area contributed by atoms with Crippen LogP contribution in [0, 0.1) is 6.26 Å². The molecular weight excluding hydrogens is 198 g/mol. The molecule has 0 bridgehead atoms. The zero-order valence-electron chi connectivity index (χ0n) is 2.70. The van der Waals surface area contributed by atoms with Crippen LogP contribution in [0.5, 0.6) is 0 Å². The largest absolute Gasteiger partial charge is 0.310 e. The van der Waals surface area contributed by atoms with Crippen molar-refractivity contribution >= 4 is 10.1 Å². The predicted octanol–water partition coefficient (Wildman–Crippen LogP) is -0.337. The Hall–Kier alpha value is 0.572. The van der Waals surface area contributed by atoms with Crippen LogP contribution in [0.1, 0.15) is 0 Å². The number of rotatable bonds is 0. The van der Waals surface area contributed by atoms with Gasteiger partial charge < -0.3 is 4.55 Å². The Morgan fingerprint density at radius 1 is 1.50 bits per heavy atom. The van der Waals surface area contributed by atoms with E-state index < -0.39 is 10.1 Å². The van der Waals surface area contributed by atoms with Crippen molar-refractivity contribution in [1.29, 1.82) is 0 Å². The van der Waals surface area contributed by atoms with Gasteiger partial charge in [0.2, 0.25) is 0 Å². The van der Waals surface area contributed by atoms with Crippen molar-refractivity contribution < 1.29 is 33.4 Å². The summed E-state index contributed by atoms with van der Waals surface area (Å²) >= 11 is 0. The van der Waals surface area contributed by atoms with E-state index in [0.717, 1.165) is 0 Å². The van der Waals surface area contributed by atoms with Gasteiger partial charge in [-0.2, -0.15) is 6.26 Å². The van der Waals surface area contributed by atoms with Crippen LogP contribution < -0.4 is 0 Å². The van der Waals surface area contributed by atoms with E-state index in [1.54, 1.807) is 0 Å². The molecule has 0 aromatic heterocycles. The first-order chi connectivity index (χ1) is 2.00. The van der Waals surface area contributed by atoms with Gasteiger partial charge in [0.05, 0.1) is 0 Å². The van der Waals surface area contributed by atoms with Crippen LogP contribution in [0.2, 0.25) is 0 Å². The smallest absolute Gasteiger partial charge is 0.131 e. The fourth-order valence-corrected chi connectivity index (χ4v) is 0. The van der Waals surface area contributed by atoms with Gasteiger partial charge in [-0.1, -0.05) is 0 Å². The van der Waals surface area contributed by atoms with E-state index >= 15 is 0 Å². The van der Waals surface area contributed by atoms with E-state index in [4.69, 9.17) is 13.0 Å². The van der Waals surface area contributed by atoms with Gasteiger partial charge in [0, 0.05) is 20.4 Å². The quantitative estimate of drug-likeness (QED) is 0.332. The van der Waals surface area contributed by atoms with Crippen molar-refractivity contribution in [1.82, 2.24) is 0 Å². The summed E-state index contributed by atoms with van der Waals surface area (Å²) < 4.78 is 25.5. The molecule has 0 atom stereocenters. The third kappa shape index (κ3) is 178. The zero-order chi connectivity index (χ0) is 4.50. The average molecular weight is 202 g/mol. The first-order valence-electron chi connectivity index (χ1n) is 0.805. The molecule has 0 saturated heterocycles. The van der Waals surface area contributed by atoms with Crippen LogP contribution in [-0.2, 0) is 30.5 Å². The van der Waals surface area contributed by atoms with Crippen LogP contribution in [0.4, 0.5) is 0 Å². The molecule has 0 unspecified atom stereocenters. The van der Waals surface area contributed by atoms with Crippen molar-refractivity contribution in [2.24, 2.45) is 0 Å². The van der Waals surface area contributed by atoms with Crippen molar-refractivity contribution in [2.75, 3.05) is 0 Å². The maximum Gasteiger partial charge on any atom is 0.131 e. The number of hydrogen-bond donors (Lipinski definition) is 1. The fourth-order valence-electron chi connectivity index (χ4n) is 0. The first kappa shape index (κ1) is 9.76. The van der Waals surface area contributed by atoms with E-state index in [0.29, 0.717) is 0 Å². The third-order valence-electron chi connectivity index (χ3n) is 0. The molecule has 0 rings (SSSR count). The van der Waals surface area contributed by atoms with Crippen LogP contribution in [0.15, 0.2) is 0 Å². The standard InChI is InChI=1S/CH3O3S.Pd/c1-5(2,3)4;/h1H2,(H,2,3,4);/q-1;. The van der Waals surface area contributed by atoms with Gasteiger partial charge in [0.15, 0.2) is 0 Å². The van der Waals surface area contributed by atoms with E-state index in [1.807, 2.05) is 0 Å². The molecule has 0 aromatic carbocycles. The van der Waals surface area contributed by atoms with Gasteiger partial charge in [-0.25, -0.2) is 8.42 Å². The van der Waals surface area contributed by atoms with E-state index in [9.17, 15) is 0 Å². The summed E-state index contributed by atoms with van der Waals surface area (Å²) in [7, 11) is -3.92. The molecule has 42 valence electrons. The van der Waals surface area contributed by atoms with Crippen LogP contribution in [0.25, 0.3) is 0 Å². The molecule has 0 saturated carbocycles. The minimum absolute atomic E-state index is 0. The van der Waals surface area contributed by atoms with Gasteiger partial charge in [-0.3, -0.25) is 0 Å². The van der Waals surface area contributed by atoms with Gasteiger partial charge in [-0.15, -0.1) is 0 Å². The summed E-state index contributed by atoms with van der Waals surface area (Å²) in [6, 6.07) is 0. The Morgan fingerprint density at radius 2 is 1.50 bits per heavy atom. The van der Waals surface area contributed by atoms with Gasteiger partial charge in [0.1, 0.15) is 10.1 Å². The normalized spacial score (nSPS) is 9.67. The second-order valence-electron chi connectivity index (χ2n) is 0.582. The minimum atomic E-state index is -3.92. The predicted molar refractivity (Wildman–Crippen MR) is 16.9 cm³/mol. The van der Waals surface area contributed by atoms with Crippen LogP contribution in [0.3, 0.4) is 0 Å². The molecule has 0 aromatic rings. The van der Waals surface area contributed by atoms with Gasteiger partial charge in [-0.05, 0) is 0 Å². The summed E-state index contributed by atoms with van der Waals surface area (Å²) in [6.07, 6.45) is 2.30. The molecular formula is CH3O3PdS-. The van der Waals surface area contributed by atoms with E-state index in [2.05, 4.69) is 6.26 Å². The summed E-state index contributed by atoms with van der Waals surface area (Å²) in [4.78, 5) is 0. The molecule has 0 amide bonds. The van der Waals surface area contributed by atoms with Gasteiger partial charge >= 0.3 is 0 Å². The summed E-state index contributed by atoms with van der Waals surface area (Å²) in [5, 5.41) is 0. The Labute approximate surface area is 50.1 Å². The summed E-state index contributed by atoms with van der Waals surface area (Å²) in [5.74, 6) is 0. The zero-order valence-corrected chi connectivity index (χ0v) is 5.07. The van der Waals surface area contributed by atoms with E-state index in [-0.39, 0.29) is 20.4 Å². The molecule has 0 heterocycles. The molecule has 5 heteroatoms. The van der Waals surface area contributed by atoms with Crippen LogP contribution in [-0.4, -0.2) is 13.0 Å². The average Bonchev–Trinajstić information content (AvgIpc) is 0.722. The summed E-state index contributed by atoms with van der Waals surface area (Å²) in [5.41, 5.74) is 0. The first-order valence-corrected chi connectivity index (χ1v) is 2.41. The monoisotopic (exact) mass is 201 g/mol. The van der Waals surface area contributed by atoms with Gasteiger partial charge in [0.25, 0.3) is 0 Å². The molecule has 0 aliphatic carbocycles. The topological polar surface area (TPSA) is 54.4 Å². The Kier molecular flexibility index (Phi) is 4.39. The molecule has 0 fully saturated rings.